The molecule has 0 unspecified atom stereocenters. The van der Waals surface area contributed by atoms with Crippen molar-refractivity contribution in [2.45, 2.75) is 19.4 Å². The molecule has 3 rings (SSSR count). The monoisotopic (exact) mass is 341 g/mol. The summed E-state index contributed by atoms with van der Waals surface area (Å²) in [4.78, 5) is 13.1. The lowest BCUT2D eigenvalue weighted by atomic mass is 10.3. The Labute approximate surface area is 132 Å². The number of amides is 1. The third-order valence-electron chi connectivity index (χ3n) is 3.23. The number of carbonyl (C=O) groups excluding carboxylic acids is 1. The van der Waals surface area contributed by atoms with Crippen LogP contribution in [0.25, 0.3) is 0 Å². The fourth-order valence-corrected chi connectivity index (χ4v) is 3.98. The van der Waals surface area contributed by atoms with Crippen LogP contribution in [0.15, 0.2) is 23.7 Å². The van der Waals surface area contributed by atoms with Gasteiger partial charge in [-0.3, -0.25) is 4.79 Å². The zero-order valence-electron chi connectivity index (χ0n) is 11.7. The van der Waals surface area contributed by atoms with E-state index < -0.39 is 15.9 Å². The van der Waals surface area contributed by atoms with Gasteiger partial charge in [0.05, 0.1) is 18.6 Å². The number of hydrogen-bond acceptors (Lipinski definition) is 6. The van der Waals surface area contributed by atoms with Gasteiger partial charge in [-0.15, -0.1) is 11.3 Å². The van der Waals surface area contributed by atoms with Crippen molar-refractivity contribution in [1.82, 2.24) is 14.5 Å². The van der Waals surface area contributed by atoms with E-state index in [-0.39, 0.29) is 11.3 Å². The van der Waals surface area contributed by atoms with Crippen LogP contribution in [-0.4, -0.2) is 36.5 Å². The molecule has 0 fully saturated rings. The van der Waals surface area contributed by atoms with Crippen LogP contribution in [0.3, 0.4) is 0 Å². The van der Waals surface area contributed by atoms with Gasteiger partial charge in [0.25, 0.3) is 5.91 Å². The van der Waals surface area contributed by atoms with Crippen molar-refractivity contribution in [2.24, 2.45) is 0 Å². The van der Waals surface area contributed by atoms with Gasteiger partial charge >= 0.3 is 0 Å². The largest absolute Gasteiger partial charge is 0.477 e. The summed E-state index contributed by atoms with van der Waals surface area (Å²) in [5.74, 6) is -0.504. The topological polar surface area (TPSA) is 90.3 Å². The molecule has 1 aliphatic rings. The third kappa shape index (κ3) is 3.30. The summed E-state index contributed by atoms with van der Waals surface area (Å²) in [7, 11) is -3.69. The molecule has 1 N–H and O–H groups in total. The standard InChI is InChI=1S/C13H15N3O4S2/c17-12(11-9-14-16-5-2-6-20-13(11)16)15-22(18,19)8-4-10-3-1-7-21-10/h1,3,7,9H,2,4-6,8H2,(H,15,17). The molecule has 0 aliphatic carbocycles. The number of carbonyl (C=O) groups is 1. The minimum atomic E-state index is -3.69. The highest BCUT2D eigenvalue weighted by molar-refractivity contribution is 7.90. The van der Waals surface area contributed by atoms with Crippen LogP contribution in [0.4, 0.5) is 0 Å². The molecule has 1 aliphatic heterocycles. The second-order valence-corrected chi connectivity index (χ2v) is 7.74. The second kappa shape index (κ2) is 6.09. The lowest BCUT2D eigenvalue weighted by Crippen LogP contribution is -2.33. The maximum atomic E-state index is 12.1. The Kier molecular flexibility index (Phi) is 4.16. The number of hydrogen-bond donors (Lipinski definition) is 1. The van der Waals surface area contributed by atoms with Gasteiger partial charge in [0.1, 0.15) is 5.56 Å². The van der Waals surface area contributed by atoms with E-state index in [4.69, 9.17) is 4.74 Å². The zero-order valence-corrected chi connectivity index (χ0v) is 13.3. The number of aromatic nitrogens is 2. The Morgan fingerprint density at radius 3 is 3.14 bits per heavy atom. The lowest BCUT2D eigenvalue weighted by Gasteiger charge is -2.15. The number of rotatable bonds is 5. The summed E-state index contributed by atoms with van der Waals surface area (Å²) < 4.78 is 33.0. The molecule has 2 aromatic heterocycles. The highest BCUT2D eigenvalue weighted by Crippen LogP contribution is 2.22. The summed E-state index contributed by atoms with van der Waals surface area (Å²) in [5, 5.41) is 5.92. The molecule has 9 heteroatoms. The molecule has 3 heterocycles. The smallest absolute Gasteiger partial charge is 0.271 e. The molecule has 1 amide bonds. The molecule has 22 heavy (non-hydrogen) atoms. The first-order chi connectivity index (χ1) is 10.6. The summed E-state index contributed by atoms with van der Waals surface area (Å²) in [6.45, 7) is 1.16. The summed E-state index contributed by atoms with van der Waals surface area (Å²) in [6.07, 6.45) is 2.53. The van der Waals surface area contributed by atoms with Gasteiger partial charge in [-0.2, -0.15) is 5.10 Å². The van der Waals surface area contributed by atoms with Crippen molar-refractivity contribution in [3.63, 3.8) is 0 Å². The first-order valence-corrected chi connectivity index (χ1v) is 9.34. The molecular formula is C13H15N3O4S2. The molecule has 0 spiro atoms. The average molecular weight is 341 g/mol. The number of sulfonamides is 1. The minimum Gasteiger partial charge on any atom is -0.477 e. The predicted molar refractivity (Wildman–Crippen MR) is 81.6 cm³/mol. The maximum absolute atomic E-state index is 12.1. The molecule has 0 aromatic carbocycles. The second-order valence-electron chi connectivity index (χ2n) is 4.87. The van der Waals surface area contributed by atoms with E-state index in [0.717, 1.165) is 11.3 Å². The Hall–Kier alpha value is -1.87. The van der Waals surface area contributed by atoms with Crippen LogP contribution in [0.1, 0.15) is 21.7 Å². The zero-order chi connectivity index (χ0) is 15.6. The molecule has 0 saturated carbocycles. The fourth-order valence-electron chi connectivity index (χ4n) is 2.16. The number of ether oxygens (including phenoxy) is 1. The van der Waals surface area contributed by atoms with Gasteiger partial charge < -0.3 is 4.74 Å². The van der Waals surface area contributed by atoms with E-state index in [1.165, 1.54) is 17.5 Å². The highest BCUT2D eigenvalue weighted by Gasteiger charge is 2.24. The van der Waals surface area contributed by atoms with E-state index in [2.05, 4.69) is 9.82 Å². The van der Waals surface area contributed by atoms with Crippen LogP contribution in [0.5, 0.6) is 5.88 Å². The molecule has 7 nitrogen and oxygen atoms in total. The van der Waals surface area contributed by atoms with Crippen molar-refractivity contribution >= 4 is 27.3 Å². The van der Waals surface area contributed by atoms with Crippen LogP contribution in [0, 0.1) is 0 Å². The Bertz CT molecular complexity index is 765. The number of nitrogens with zero attached hydrogens (tertiary/aromatic N) is 2. The molecule has 2 aromatic rings. The van der Waals surface area contributed by atoms with Crippen LogP contribution in [0.2, 0.25) is 0 Å². The Morgan fingerprint density at radius 1 is 1.50 bits per heavy atom. The Morgan fingerprint density at radius 2 is 2.36 bits per heavy atom. The summed E-state index contributed by atoms with van der Waals surface area (Å²) in [5.41, 5.74) is 0.152. The van der Waals surface area contributed by atoms with E-state index in [1.807, 2.05) is 17.5 Å². The first-order valence-electron chi connectivity index (χ1n) is 6.81. The van der Waals surface area contributed by atoms with Crippen molar-refractivity contribution in [2.75, 3.05) is 12.4 Å². The maximum Gasteiger partial charge on any atom is 0.271 e. The van der Waals surface area contributed by atoms with E-state index in [1.54, 1.807) is 4.68 Å². The van der Waals surface area contributed by atoms with Crippen molar-refractivity contribution in [3.05, 3.63) is 34.2 Å². The SMILES string of the molecule is O=C(NS(=O)(=O)CCc1cccs1)c1cnn2c1OCCC2. The van der Waals surface area contributed by atoms with E-state index in [0.29, 0.717) is 25.5 Å². The van der Waals surface area contributed by atoms with Crippen molar-refractivity contribution in [3.8, 4) is 5.88 Å². The quantitative estimate of drug-likeness (QED) is 0.877. The molecular weight excluding hydrogens is 326 g/mol. The fraction of sp³-hybridized carbons (Fsp3) is 0.385. The molecule has 0 saturated heterocycles. The predicted octanol–water partition coefficient (Wildman–Crippen LogP) is 1.03. The van der Waals surface area contributed by atoms with Gasteiger partial charge in [0, 0.05) is 17.8 Å². The summed E-state index contributed by atoms with van der Waals surface area (Å²) >= 11 is 1.49. The normalized spacial score (nSPS) is 14.2. The number of nitrogens with one attached hydrogen (secondary N) is 1. The highest BCUT2D eigenvalue weighted by atomic mass is 32.2. The van der Waals surface area contributed by atoms with Crippen LogP contribution >= 0.6 is 11.3 Å². The van der Waals surface area contributed by atoms with E-state index >= 15 is 0 Å². The van der Waals surface area contributed by atoms with Crippen LogP contribution < -0.4 is 9.46 Å². The van der Waals surface area contributed by atoms with Gasteiger partial charge in [-0.25, -0.2) is 17.8 Å². The Balaban J connectivity index is 1.66. The van der Waals surface area contributed by atoms with Gasteiger partial charge in [0.15, 0.2) is 0 Å². The lowest BCUT2D eigenvalue weighted by molar-refractivity contribution is 0.0975. The van der Waals surface area contributed by atoms with Gasteiger partial charge in [-0.1, -0.05) is 6.07 Å². The van der Waals surface area contributed by atoms with E-state index in [9.17, 15) is 13.2 Å². The molecule has 0 atom stereocenters. The number of aryl methyl sites for hydroxylation is 2. The number of thiophene rings is 1. The first kappa shape index (κ1) is 15.0. The molecule has 118 valence electrons. The number of fused-ring (bicyclic) bond motifs is 1. The van der Waals surface area contributed by atoms with Crippen molar-refractivity contribution in [1.29, 1.82) is 0 Å². The molecule has 0 bridgehead atoms. The third-order valence-corrected chi connectivity index (χ3v) is 5.41. The minimum absolute atomic E-state index is 0.135. The molecule has 0 radical (unpaired) electrons. The average Bonchev–Trinajstić information content (AvgIpc) is 3.14. The van der Waals surface area contributed by atoms with Gasteiger partial charge in [-0.05, 0) is 17.9 Å². The summed E-state index contributed by atoms with van der Waals surface area (Å²) in [6, 6.07) is 3.73. The van der Waals surface area contributed by atoms with Crippen LogP contribution in [-0.2, 0) is 23.0 Å². The van der Waals surface area contributed by atoms with Gasteiger partial charge in [0.2, 0.25) is 15.9 Å². The van der Waals surface area contributed by atoms with Crippen molar-refractivity contribution < 1.29 is 17.9 Å².